The summed E-state index contributed by atoms with van der Waals surface area (Å²) in [6.07, 6.45) is 0. The molecule has 0 N–H and O–H groups in total. The zero-order chi connectivity index (χ0) is 15.7. The number of methoxy groups -OCH3 is 1. The third-order valence-electron chi connectivity index (χ3n) is 3.94. The van der Waals surface area contributed by atoms with Gasteiger partial charge in [0.1, 0.15) is 5.75 Å². The van der Waals surface area contributed by atoms with Crippen molar-refractivity contribution in [3.05, 3.63) is 62.1 Å². The highest BCUT2D eigenvalue weighted by molar-refractivity contribution is 9.10. The molecule has 0 atom stereocenters. The van der Waals surface area contributed by atoms with E-state index < -0.39 is 0 Å². The number of carbonyl (C=O) groups is 1. The van der Waals surface area contributed by atoms with Gasteiger partial charge in [-0.1, -0.05) is 34.1 Å². The van der Waals surface area contributed by atoms with Crippen molar-refractivity contribution in [2.24, 2.45) is 0 Å². The lowest BCUT2D eigenvalue weighted by Gasteiger charge is -2.16. The van der Waals surface area contributed by atoms with Crippen LogP contribution in [0.15, 0.2) is 28.7 Å². The number of carbonyl (C=O) groups excluding carboxylic acids is 1. The van der Waals surface area contributed by atoms with Crippen molar-refractivity contribution in [2.75, 3.05) is 7.11 Å². The lowest BCUT2D eigenvalue weighted by Crippen LogP contribution is -2.10. The van der Waals surface area contributed by atoms with Gasteiger partial charge in [-0.3, -0.25) is 4.79 Å². The van der Waals surface area contributed by atoms with Crippen LogP contribution in [0.5, 0.6) is 5.75 Å². The number of hydrogen-bond donors (Lipinski definition) is 0. The molecule has 0 fully saturated rings. The van der Waals surface area contributed by atoms with Crippen LogP contribution in [0.1, 0.15) is 38.2 Å². The first kappa shape index (κ1) is 15.8. The number of hydrogen-bond acceptors (Lipinski definition) is 2. The summed E-state index contributed by atoms with van der Waals surface area (Å²) < 4.78 is 6.41. The van der Waals surface area contributed by atoms with Gasteiger partial charge in [0.25, 0.3) is 0 Å². The average molecular weight is 347 g/mol. The van der Waals surface area contributed by atoms with Gasteiger partial charge in [-0.15, -0.1) is 0 Å². The van der Waals surface area contributed by atoms with E-state index in [1.807, 2.05) is 52.0 Å². The van der Waals surface area contributed by atoms with Crippen molar-refractivity contribution >= 4 is 21.7 Å². The van der Waals surface area contributed by atoms with Gasteiger partial charge in [-0.2, -0.15) is 0 Å². The summed E-state index contributed by atoms with van der Waals surface area (Å²) in [4.78, 5) is 13.0. The molecule has 2 aromatic carbocycles. The van der Waals surface area contributed by atoms with Crippen LogP contribution in [0.25, 0.3) is 0 Å². The van der Waals surface area contributed by atoms with Crippen molar-refractivity contribution in [1.82, 2.24) is 0 Å². The van der Waals surface area contributed by atoms with Gasteiger partial charge in [0.05, 0.1) is 12.7 Å². The van der Waals surface area contributed by atoms with Crippen LogP contribution in [0.3, 0.4) is 0 Å². The first-order valence-electron chi connectivity index (χ1n) is 6.83. The van der Waals surface area contributed by atoms with Crippen molar-refractivity contribution in [1.29, 1.82) is 0 Å². The minimum Gasteiger partial charge on any atom is -0.496 e. The Bertz CT molecular complexity index is 718. The molecule has 0 spiro atoms. The van der Waals surface area contributed by atoms with Gasteiger partial charge in [-0.25, -0.2) is 0 Å². The molecule has 0 saturated heterocycles. The zero-order valence-corrected chi connectivity index (χ0v) is 14.6. The SMILES string of the molecule is COc1c(C)cc(Br)c(C)c1C(=O)c1cccc(C)c1C. The maximum absolute atomic E-state index is 13.0. The summed E-state index contributed by atoms with van der Waals surface area (Å²) in [6, 6.07) is 7.79. The highest BCUT2D eigenvalue weighted by Crippen LogP contribution is 2.34. The fourth-order valence-electron chi connectivity index (χ4n) is 2.52. The normalized spacial score (nSPS) is 10.6. The summed E-state index contributed by atoms with van der Waals surface area (Å²) in [6.45, 7) is 7.88. The average Bonchev–Trinajstić information content (AvgIpc) is 2.44. The molecule has 0 aliphatic rings. The first-order valence-corrected chi connectivity index (χ1v) is 7.62. The zero-order valence-electron chi connectivity index (χ0n) is 13.0. The largest absolute Gasteiger partial charge is 0.496 e. The molecule has 0 aromatic heterocycles. The molecular weight excluding hydrogens is 328 g/mol. The molecule has 0 aliphatic carbocycles. The Hall–Kier alpha value is -1.61. The molecule has 0 saturated carbocycles. The second-order valence-corrected chi connectivity index (χ2v) is 6.14. The molecule has 0 bridgehead atoms. The molecule has 0 unspecified atom stereocenters. The van der Waals surface area contributed by atoms with Crippen LogP contribution in [0.4, 0.5) is 0 Å². The first-order chi connectivity index (χ1) is 9.88. The Morgan fingerprint density at radius 1 is 1.05 bits per heavy atom. The Balaban J connectivity index is 2.72. The Kier molecular flexibility index (Phi) is 4.52. The third-order valence-corrected chi connectivity index (χ3v) is 4.77. The molecule has 21 heavy (non-hydrogen) atoms. The van der Waals surface area contributed by atoms with E-state index in [2.05, 4.69) is 15.9 Å². The smallest absolute Gasteiger partial charge is 0.197 e. The summed E-state index contributed by atoms with van der Waals surface area (Å²) >= 11 is 3.53. The number of ketones is 1. The van der Waals surface area contributed by atoms with E-state index in [9.17, 15) is 4.79 Å². The topological polar surface area (TPSA) is 26.3 Å². The second kappa shape index (κ2) is 6.02. The predicted octanol–water partition coefficient (Wildman–Crippen LogP) is 4.92. The van der Waals surface area contributed by atoms with E-state index in [-0.39, 0.29) is 5.78 Å². The Labute approximate surface area is 134 Å². The summed E-state index contributed by atoms with van der Waals surface area (Å²) in [5.41, 5.74) is 5.35. The predicted molar refractivity (Wildman–Crippen MR) is 89.5 cm³/mol. The lowest BCUT2D eigenvalue weighted by atomic mass is 9.92. The third kappa shape index (κ3) is 2.75. The molecule has 2 rings (SSSR count). The van der Waals surface area contributed by atoms with Gasteiger partial charge >= 0.3 is 0 Å². The number of benzene rings is 2. The summed E-state index contributed by atoms with van der Waals surface area (Å²) in [7, 11) is 1.61. The molecule has 2 nitrogen and oxygen atoms in total. The Morgan fingerprint density at radius 3 is 2.33 bits per heavy atom. The molecule has 2 aromatic rings. The van der Waals surface area contributed by atoms with E-state index >= 15 is 0 Å². The van der Waals surface area contributed by atoms with E-state index in [1.165, 1.54) is 0 Å². The van der Waals surface area contributed by atoms with Crippen LogP contribution in [-0.4, -0.2) is 12.9 Å². The van der Waals surface area contributed by atoms with Gasteiger partial charge in [0.2, 0.25) is 0 Å². The summed E-state index contributed by atoms with van der Waals surface area (Å²) in [5.74, 6) is 0.663. The monoisotopic (exact) mass is 346 g/mol. The minimum atomic E-state index is 0.00921. The molecule has 0 radical (unpaired) electrons. The van der Waals surface area contributed by atoms with Gasteiger partial charge in [0.15, 0.2) is 5.78 Å². The van der Waals surface area contributed by atoms with E-state index in [4.69, 9.17) is 4.74 Å². The van der Waals surface area contributed by atoms with E-state index in [1.54, 1.807) is 7.11 Å². The van der Waals surface area contributed by atoms with Gasteiger partial charge in [0, 0.05) is 10.0 Å². The minimum absolute atomic E-state index is 0.00921. The molecule has 0 aliphatic heterocycles. The van der Waals surface area contributed by atoms with Crippen molar-refractivity contribution in [2.45, 2.75) is 27.7 Å². The van der Waals surface area contributed by atoms with Crippen molar-refractivity contribution < 1.29 is 9.53 Å². The van der Waals surface area contributed by atoms with Crippen LogP contribution < -0.4 is 4.74 Å². The molecule has 0 amide bonds. The number of ether oxygens (including phenoxy) is 1. The van der Waals surface area contributed by atoms with E-state index in [0.717, 1.165) is 32.3 Å². The summed E-state index contributed by atoms with van der Waals surface area (Å²) in [5, 5.41) is 0. The fraction of sp³-hybridized carbons (Fsp3) is 0.278. The second-order valence-electron chi connectivity index (χ2n) is 5.29. The Morgan fingerprint density at radius 2 is 1.71 bits per heavy atom. The quantitative estimate of drug-likeness (QED) is 0.737. The van der Waals surface area contributed by atoms with Gasteiger partial charge < -0.3 is 4.74 Å². The lowest BCUT2D eigenvalue weighted by molar-refractivity contribution is 0.103. The molecule has 3 heteroatoms. The fourth-order valence-corrected chi connectivity index (χ4v) is 3.06. The van der Waals surface area contributed by atoms with Crippen LogP contribution >= 0.6 is 15.9 Å². The maximum Gasteiger partial charge on any atom is 0.197 e. The number of aryl methyl sites for hydroxylation is 2. The number of rotatable bonds is 3. The molecular formula is C18H19BrO2. The maximum atomic E-state index is 13.0. The highest BCUT2D eigenvalue weighted by atomic mass is 79.9. The van der Waals surface area contributed by atoms with Crippen molar-refractivity contribution in [3.8, 4) is 5.75 Å². The number of halogens is 1. The molecule has 110 valence electrons. The van der Waals surface area contributed by atoms with Crippen molar-refractivity contribution in [3.63, 3.8) is 0 Å². The van der Waals surface area contributed by atoms with E-state index in [0.29, 0.717) is 11.3 Å². The highest BCUT2D eigenvalue weighted by Gasteiger charge is 2.22. The van der Waals surface area contributed by atoms with Crippen LogP contribution in [-0.2, 0) is 0 Å². The molecule has 0 heterocycles. The standard InChI is InChI=1S/C18H19BrO2/c1-10-7-6-8-14(12(10)3)17(20)16-13(4)15(19)9-11(2)18(16)21-5/h6-9H,1-5H3. The van der Waals surface area contributed by atoms with Gasteiger partial charge in [-0.05, 0) is 56.0 Å². The van der Waals surface area contributed by atoms with Crippen LogP contribution in [0, 0.1) is 27.7 Å². The van der Waals surface area contributed by atoms with Crippen LogP contribution in [0.2, 0.25) is 0 Å².